The molecule has 0 saturated heterocycles. The second-order valence-corrected chi connectivity index (χ2v) is 5.30. The van der Waals surface area contributed by atoms with Crippen LogP contribution in [0, 0.1) is 11.3 Å². The molecule has 0 atom stereocenters. The first-order valence-electron chi connectivity index (χ1n) is 5.82. The summed E-state index contributed by atoms with van der Waals surface area (Å²) in [5.41, 5.74) is 6.59. The molecule has 1 amide bonds. The van der Waals surface area contributed by atoms with E-state index in [-0.39, 0.29) is 11.3 Å². The third-order valence-electron chi connectivity index (χ3n) is 3.28. The fraction of sp³-hybridized carbons (Fsp3) is 0.538. The Morgan fingerprint density at radius 1 is 1.53 bits per heavy atom. The fourth-order valence-corrected chi connectivity index (χ4v) is 1.17. The van der Waals surface area contributed by atoms with Crippen molar-refractivity contribution in [1.82, 2.24) is 10.3 Å². The number of hydrogen-bond acceptors (Lipinski definition) is 3. The number of nitrogen functional groups attached to an aromatic ring is 1. The van der Waals surface area contributed by atoms with Gasteiger partial charge in [-0.2, -0.15) is 0 Å². The summed E-state index contributed by atoms with van der Waals surface area (Å²) in [5, 5.41) is 2.89. The first kappa shape index (κ1) is 13.5. The van der Waals surface area contributed by atoms with E-state index in [1.807, 2.05) is 0 Å². The molecule has 0 spiro atoms. The highest BCUT2D eigenvalue weighted by Crippen LogP contribution is 2.24. The van der Waals surface area contributed by atoms with Crippen LogP contribution < -0.4 is 11.1 Å². The molecule has 0 bridgehead atoms. The number of pyridine rings is 1. The van der Waals surface area contributed by atoms with Gasteiger partial charge in [-0.15, -0.1) is 0 Å². The molecule has 94 valence electrons. The van der Waals surface area contributed by atoms with Crippen molar-refractivity contribution in [3.05, 3.63) is 24.0 Å². The van der Waals surface area contributed by atoms with E-state index in [0.717, 1.165) is 0 Å². The van der Waals surface area contributed by atoms with Gasteiger partial charge < -0.3 is 11.1 Å². The summed E-state index contributed by atoms with van der Waals surface area (Å²) < 4.78 is 0. The van der Waals surface area contributed by atoms with Crippen LogP contribution in [-0.4, -0.2) is 17.4 Å². The van der Waals surface area contributed by atoms with Gasteiger partial charge in [0.2, 0.25) is 0 Å². The minimum Gasteiger partial charge on any atom is -0.399 e. The number of nitrogens with one attached hydrogen (secondary N) is 1. The highest BCUT2D eigenvalue weighted by atomic mass is 16.1. The van der Waals surface area contributed by atoms with Gasteiger partial charge in [0.05, 0.1) is 0 Å². The maximum Gasteiger partial charge on any atom is 0.269 e. The Bertz CT molecular complexity index is 399. The number of hydrogen-bond donors (Lipinski definition) is 2. The minimum atomic E-state index is -0.175. The van der Waals surface area contributed by atoms with Gasteiger partial charge in [0.25, 0.3) is 5.91 Å². The van der Waals surface area contributed by atoms with Crippen molar-refractivity contribution in [3.8, 4) is 0 Å². The van der Waals surface area contributed by atoms with E-state index in [4.69, 9.17) is 5.73 Å². The Balaban J connectivity index is 2.62. The van der Waals surface area contributed by atoms with Crippen LogP contribution in [-0.2, 0) is 0 Å². The zero-order valence-corrected chi connectivity index (χ0v) is 10.9. The van der Waals surface area contributed by atoms with E-state index in [1.165, 1.54) is 6.20 Å². The number of carbonyl (C=O) groups is 1. The zero-order valence-electron chi connectivity index (χ0n) is 10.9. The number of rotatable bonds is 4. The van der Waals surface area contributed by atoms with E-state index in [0.29, 0.717) is 23.8 Å². The van der Waals surface area contributed by atoms with Crippen LogP contribution >= 0.6 is 0 Å². The fourth-order valence-electron chi connectivity index (χ4n) is 1.17. The standard InChI is InChI=1S/C13H21N3O/c1-9(2)13(3,4)8-16-12(17)11-7-10(14)5-6-15-11/h5-7,9H,8H2,1-4H3,(H2,14,15)(H,16,17). The van der Waals surface area contributed by atoms with Crippen molar-refractivity contribution in [2.24, 2.45) is 11.3 Å². The van der Waals surface area contributed by atoms with Gasteiger partial charge in [-0.1, -0.05) is 27.7 Å². The monoisotopic (exact) mass is 235 g/mol. The normalized spacial score (nSPS) is 11.6. The number of nitrogens with zero attached hydrogens (tertiary/aromatic N) is 1. The molecular weight excluding hydrogens is 214 g/mol. The maximum absolute atomic E-state index is 11.8. The highest BCUT2D eigenvalue weighted by Gasteiger charge is 2.23. The quantitative estimate of drug-likeness (QED) is 0.839. The summed E-state index contributed by atoms with van der Waals surface area (Å²) in [4.78, 5) is 15.8. The minimum absolute atomic E-state index is 0.0655. The topological polar surface area (TPSA) is 68.0 Å². The van der Waals surface area contributed by atoms with Crippen LogP contribution in [0.4, 0.5) is 5.69 Å². The van der Waals surface area contributed by atoms with Crippen molar-refractivity contribution >= 4 is 11.6 Å². The Labute approximate surface area is 103 Å². The third-order valence-corrected chi connectivity index (χ3v) is 3.28. The lowest BCUT2D eigenvalue weighted by Crippen LogP contribution is -2.37. The maximum atomic E-state index is 11.8. The van der Waals surface area contributed by atoms with Gasteiger partial charge in [-0.05, 0) is 23.5 Å². The van der Waals surface area contributed by atoms with Crippen LogP contribution in [0.2, 0.25) is 0 Å². The Morgan fingerprint density at radius 3 is 2.71 bits per heavy atom. The molecule has 0 saturated carbocycles. The second kappa shape index (κ2) is 5.17. The number of aromatic nitrogens is 1. The molecule has 1 aromatic heterocycles. The SMILES string of the molecule is CC(C)C(C)(C)CNC(=O)c1cc(N)ccn1. The molecule has 0 radical (unpaired) electrons. The number of amides is 1. The number of anilines is 1. The van der Waals surface area contributed by atoms with E-state index in [9.17, 15) is 4.79 Å². The van der Waals surface area contributed by atoms with Crippen molar-refractivity contribution < 1.29 is 4.79 Å². The summed E-state index contributed by atoms with van der Waals surface area (Å²) in [7, 11) is 0. The predicted molar refractivity (Wildman–Crippen MR) is 69.6 cm³/mol. The molecule has 4 nitrogen and oxygen atoms in total. The molecule has 0 aliphatic rings. The van der Waals surface area contributed by atoms with Crippen molar-refractivity contribution in [2.45, 2.75) is 27.7 Å². The van der Waals surface area contributed by atoms with Crippen LogP contribution in [0.15, 0.2) is 18.3 Å². The van der Waals surface area contributed by atoms with Crippen LogP contribution in [0.5, 0.6) is 0 Å². The molecule has 3 N–H and O–H groups in total. The van der Waals surface area contributed by atoms with Gasteiger partial charge in [0, 0.05) is 18.4 Å². The Kier molecular flexibility index (Phi) is 4.10. The predicted octanol–water partition coefficient (Wildman–Crippen LogP) is 2.08. The van der Waals surface area contributed by atoms with E-state index in [2.05, 4.69) is 38.0 Å². The molecule has 0 unspecified atom stereocenters. The number of nitrogens with two attached hydrogens (primary N) is 1. The molecular formula is C13H21N3O. The van der Waals surface area contributed by atoms with Crippen LogP contribution in [0.1, 0.15) is 38.2 Å². The molecule has 0 aliphatic heterocycles. The molecule has 0 fully saturated rings. The molecule has 17 heavy (non-hydrogen) atoms. The summed E-state index contributed by atoms with van der Waals surface area (Å²) in [6.45, 7) is 9.17. The third kappa shape index (κ3) is 3.73. The first-order chi connectivity index (χ1) is 7.83. The lowest BCUT2D eigenvalue weighted by Gasteiger charge is -2.29. The Morgan fingerprint density at radius 2 is 2.18 bits per heavy atom. The first-order valence-corrected chi connectivity index (χ1v) is 5.82. The van der Waals surface area contributed by atoms with Crippen LogP contribution in [0.25, 0.3) is 0 Å². The average molecular weight is 235 g/mol. The van der Waals surface area contributed by atoms with Gasteiger partial charge in [0.15, 0.2) is 0 Å². The van der Waals surface area contributed by atoms with E-state index < -0.39 is 0 Å². The lowest BCUT2D eigenvalue weighted by atomic mass is 9.81. The van der Waals surface area contributed by atoms with E-state index >= 15 is 0 Å². The summed E-state index contributed by atoms with van der Waals surface area (Å²) in [6.07, 6.45) is 1.54. The van der Waals surface area contributed by atoms with Crippen molar-refractivity contribution in [3.63, 3.8) is 0 Å². The van der Waals surface area contributed by atoms with Crippen LogP contribution in [0.3, 0.4) is 0 Å². The van der Waals surface area contributed by atoms with E-state index in [1.54, 1.807) is 12.1 Å². The summed E-state index contributed by atoms with van der Waals surface area (Å²) in [5.74, 6) is 0.322. The molecule has 0 aromatic carbocycles. The number of carbonyl (C=O) groups excluding carboxylic acids is 1. The molecule has 1 aromatic rings. The zero-order chi connectivity index (χ0) is 13.1. The van der Waals surface area contributed by atoms with Gasteiger partial charge in [-0.3, -0.25) is 9.78 Å². The van der Waals surface area contributed by atoms with Crippen molar-refractivity contribution in [2.75, 3.05) is 12.3 Å². The molecule has 4 heteroatoms. The van der Waals surface area contributed by atoms with Gasteiger partial charge in [0.1, 0.15) is 5.69 Å². The smallest absolute Gasteiger partial charge is 0.269 e. The van der Waals surface area contributed by atoms with Crippen molar-refractivity contribution in [1.29, 1.82) is 0 Å². The largest absolute Gasteiger partial charge is 0.399 e. The second-order valence-electron chi connectivity index (χ2n) is 5.30. The molecule has 0 aliphatic carbocycles. The Hall–Kier alpha value is -1.58. The highest BCUT2D eigenvalue weighted by molar-refractivity contribution is 5.92. The lowest BCUT2D eigenvalue weighted by molar-refractivity contribution is 0.0920. The molecule has 1 rings (SSSR count). The summed E-state index contributed by atoms with van der Waals surface area (Å²) in [6, 6.07) is 3.24. The van der Waals surface area contributed by atoms with Gasteiger partial charge >= 0.3 is 0 Å². The average Bonchev–Trinajstić information content (AvgIpc) is 2.25. The summed E-state index contributed by atoms with van der Waals surface area (Å²) >= 11 is 0. The molecule has 1 heterocycles. The van der Waals surface area contributed by atoms with Gasteiger partial charge in [-0.25, -0.2) is 0 Å².